The van der Waals surface area contributed by atoms with Gasteiger partial charge in [0, 0.05) is 55.2 Å². The van der Waals surface area contributed by atoms with Gasteiger partial charge in [0.05, 0.1) is 5.52 Å². The SMILES string of the molecule is Fc1ccc(N2CCN(c3nc4ccccc4c4nc(-c5cccnc5)nn34)CC2)cc1. The number of aromatic nitrogens is 5. The fourth-order valence-electron chi connectivity index (χ4n) is 4.18. The molecule has 8 heteroatoms. The first kappa shape index (κ1) is 18.7. The van der Waals surface area contributed by atoms with Crippen molar-refractivity contribution in [3.63, 3.8) is 0 Å². The third-order valence-electron chi connectivity index (χ3n) is 5.84. The van der Waals surface area contributed by atoms with Crippen molar-refractivity contribution in [3.8, 4) is 11.4 Å². The van der Waals surface area contributed by atoms with Crippen molar-refractivity contribution in [1.82, 2.24) is 24.6 Å². The highest BCUT2D eigenvalue weighted by molar-refractivity contribution is 5.93. The van der Waals surface area contributed by atoms with E-state index in [2.05, 4.69) is 14.8 Å². The van der Waals surface area contributed by atoms with Crippen molar-refractivity contribution < 1.29 is 4.39 Å². The minimum Gasteiger partial charge on any atom is -0.368 e. The van der Waals surface area contributed by atoms with E-state index in [1.165, 1.54) is 12.1 Å². The first-order chi connectivity index (χ1) is 15.8. The van der Waals surface area contributed by atoms with Gasteiger partial charge in [0.15, 0.2) is 11.5 Å². The average molecular weight is 425 g/mol. The molecule has 1 aliphatic heterocycles. The Kier molecular flexibility index (Phi) is 4.41. The lowest BCUT2D eigenvalue weighted by Crippen LogP contribution is -2.47. The standard InChI is InChI=1S/C24H20FN7/c25-18-7-9-19(10-8-18)30-12-14-31(15-13-30)24-27-21-6-2-1-5-20(21)23-28-22(29-32(23)24)17-4-3-11-26-16-17/h1-11,16H,12-15H2. The van der Waals surface area contributed by atoms with Crippen molar-refractivity contribution in [2.45, 2.75) is 0 Å². The number of para-hydroxylation sites is 1. The second-order valence-electron chi connectivity index (χ2n) is 7.79. The molecule has 158 valence electrons. The van der Waals surface area contributed by atoms with Gasteiger partial charge in [-0.15, -0.1) is 5.10 Å². The fraction of sp³-hybridized carbons (Fsp3) is 0.167. The van der Waals surface area contributed by atoms with Crippen LogP contribution in [0.25, 0.3) is 27.9 Å². The molecule has 0 saturated carbocycles. The molecule has 1 saturated heterocycles. The van der Waals surface area contributed by atoms with E-state index in [4.69, 9.17) is 15.1 Å². The molecule has 2 aromatic carbocycles. The van der Waals surface area contributed by atoms with Gasteiger partial charge in [0.1, 0.15) is 5.82 Å². The Labute approximate surface area is 183 Å². The largest absolute Gasteiger partial charge is 0.368 e. The van der Waals surface area contributed by atoms with Crippen LogP contribution in [0.4, 0.5) is 16.0 Å². The summed E-state index contributed by atoms with van der Waals surface area (Å²) in [5, 5.41) is 5.76. The number of fused-ring (bicyclic) bond motifs is 3. The number of nitrogens with zero attached hydrogens (tertiary/aromatic N) is 7. The fourth-order valence-corrected chi connectivity index (χ4v) is 4.18. The van der Waals surface area contributed by atoms with Gasteiger partial charge in [0.25, 0.3) is 0 Å². The molecule has 32 heavy (non-hydrogen) atoms. The molecule has 4 heterocycles. The molecule has 0 amide bonds. The van der Waals surface area contributed by atoms with Crippen LogP contribution in [0.3, 0.4) is 0 Å². The Morgan fingerprint density at radius 3 is 2.34 bits per heavy atom. The molecule has 7 nitrogen and oxygen atoms in total. The maximum absolute atomic E-state index is 13.3. The zero-order chi connectivity index (χ0) is 21.5. The van der Waals surface area contributed by atoms with Crippen LogP contribution in [0.15, 0.2) is 73.1 Å². The molecule has 1 fully saturated rings. The summed E-state index contributed by atoms with van der Waals surface area (Å²) in [5.41, 5.74) is 3.57. The Bertz CT molecular complexity index is 1390. The molecule has 0 unspecified atom stereocenters. The van der Waals surface area contributed by atoms with Gasteiger partial charge in [-0.3, -0.25) is 4.98 Å². The molecule has 0 aliphatic carbocycles. The minimum atomic E-state index is -0.217. The van der Waals surface area contributed by atoms with Gasteiger partial charge >= 0.3 is 0 Å². The second-order valence-corrected chi connectivity index (χ2v) is 7.79. The minimum absolute atomic E-state index is 0.217. The van der Waals surface area contributed by atoms with Gasteiger partial charge < -0.3 is 9.80 Å². The number of halogens is 1. The van der Waals surface area contributed by atoms with Crippen LogP contribution in [0.5, 0.6) is 0 Å². The lowest BCUT2D eigenvalue weighted by molar-refractivity contribution is 0.621. The Morgan fingerprint density at radius 2 is 1.56 bits per heavy atom. The number of benzene rings is 2. The van der Waals surface area contributed by atoms with E-state index in [-0.39, 0.29) is 5.82 Å². The van der Waals surface area contributed by atoms with Crippen molar-refractivity contribution in [3.05, 3.63) is 78.9 Å². The molecule has 5 aromatic rings. The van der Waals surface area contributed by atoms with E-state index in [9.17, 15) is 4.39 Å². The lowest BCUT2D eigenvalue weighted by atomic mass is 10.2. The van der Waals surface area contributed by atoms with Crippen molar-refractivity contribution in [2.24, 2.45) is 0 Å². The number of piperazine rings is 1. The molecule has 0 N–H and O–H groups in total. The smallest absolute Gasteiger partial charge is 0.229 e. The summed E-state index contributed by atoms with van der Waals surface area (Å²) in [6.45, 7) is 3.18. The van der Waals surface area contributed by atoms with Crippen LogP contribution in [-0.4, -0.2) is 50.7 Å². The Balaban J connectivity index is 1.39. The highest BCUT2D eigenvalue weighted by Crippen LogP contribution is 2.27. The maximum atomic E-state index is 13.3. The van der Waals surface area contributed by atoms with Crippen molar-refractivity contribution >= 4 is 28.2 Å². The van der Waals surface area contributed by atoms with Crippen LogP contribution in [0, 0.1) is 5.82 Å². The van der Waals surface area contributed by atoms with Crippen LogP contribution in [0.1, 0.15) is 0 Å². The molecule has 1 aliphatic rings. The normalized spacial score (nSPS) is 14.4. The van der Waals surface area contributed by atoms with Gasteiger partial charge in [0.2, 0.25) is 5.95 Å². The number of rotatable bonds is 3. The zero-order valence-electron chi connectivity index (χ0n) is 17.3. The first-order valence-electron chi connectivity index (χ1n) is 10.6. The van der Waals surface area contributed by atoms with Gasteiger partial charge in [-0.1, -0.05) is 12.1 Å². The summed E-state index contributed by atoms with van der Waals surface area (Å²) in [6.07, 6.45) is 3.51. The average Bonchev–Trinajstić information content (AvgIpc) is 3.31. The molecule has 0 bridgehead atoms. The summed E-state index contributed by atoms with van der Waals surface area (Å²) in [7, 11) is 0. The van der Waals surface area contributed by atoms with E-state index >= 15 is 0 Å². The topological polar surface area (TPSA) is 62.5 Å². The van der Waals surface area contributed by atoms with Crippen molar-refractivity contribution in [2.75, 3.05) is 36.0 Å². The molecular weight excluding hydrogens is 405 g/mol. The van der Waals surface area contributed by atoms with E-state index in [1.54, 1.807) is 12.4 Å². The van der Waals surface area contributed by atoms with E-state index in [1.807, 2.05) is 53.0 Å². The number of anilines is 2. The molecule has 0 spiro atoms. The third-order valence-corrected chi connectivity index (χ3v) is 5.84. The molecular formula is C24H20FN7. The number of hydrogen-bond acceptors (Lipinski definition) is 6. The van der Waals surface area contributed by atoms with Crippen LogP contribution >= 0.6 is 0 Å². The molecule has 6 rings (SSSR count). The Hall–Kier alpha value is -4.07. The highest BCUT2D eigenvalue weighted by atomic mass is 19.1. The number of hydrogen-bond donors (Lipinski definition) is 0. The summed E-state index contributed by atoms with van der Waals surface area (Å²) in [6, 6.07) is 18.5. The summed E-state index contributed by atoms with van der Waals surface area (Å²) < 4.78 is 15.1. The van der Waals surface area contributed by atoms with Crippen molar-refractivity contribution in [1.29, 1.82) is 0 Å². The van der Waals surface area contributed by atoms with E-state index in [0.717, 1.165) is 59.9 Å². The predicted molar refractivity (Wildman–Crippen MR) is 122 cm³/mol. The summed E-state index contributed by atoms with van der Waals surface area (Å²) >= 11 is 0. The van der Waals surface area contributed by atoms with Crippen LogP contribution in [0.2, 0.25) is 0 Å². The summed E-state index contributed by atoms with van der Waals surface area (Å²) in [5.74, 6) is 1.19. The van der Waals surface area contributed by atoms with Crippen LogP contribution in [-0.2, 0) is 0 Å². The lowest BCUT2D eigenvalue weighted by Gasteiger charge is -2.36. The molecule has 0 atom stereocenters. The predicted octanol–water partition coefficient (Wildman–Crippen LogP) is 3.81. The zero-order valence-corrected chi connectivity index (χ0v) is 17.3. The second kappa shape index (κ2) is 7.56. The monoisotopic (exact) mass is 425 g/mol. The van der Waals surface area contributed by atoms with Gasteiger partial charge in [-0.05, 0) is 48.5 Å². The molecule has 3 aromatic heterocycles. The molecule has 0 radical (unpaired) electrons. The quantitative estimate of drug-likeness (QED) is 0.438. The number of pyridine rings is 1. The van der Waals surface area contributed by atoms with E-state index < -0.39 is 0 Å². The first-order valence-corrected chi connectivity index (χ1v) is 10.6. The van der Waals surface area contributed by atoms with Crippen LogP contribution < -0.4 is 9.80 Å². The Morgan fingerprint density at radius 1 is 0.781 bits per heavy atom. The summed E-state index contributed by atoms with van der Waals surface area (Å²) in [4.78, 5) is 18.5. The van der Waals surface area contributed by atoms with Gasteiger partial charge in [-0.2, -0.15) is 4.52 Å². The van der Waals surface area contributed by atoms with E-state index in [0.29, 0.717) is 5.82 Å². The highest BCUT2D eigenvalue weighted by Gasteiger charge is 2.23. The van der Waals surface area contributed by atoms with Gasteiger partial charge in [-0.25, -0.2) is 14.4 Å². The maximum Gasteiger partial charge on any atom is 0.229 e. The third kappa shape index (κ3) is 3.20.